The van der Waals surface area contributed by atoms with Gasteiger partial charge in [-0.2, -0.15) is 0 Å². The molecule has 4 nitrogen and oxygen atoms in total. The largest absolute Gasteiger partial charge is 0.436 e. The Balaban J connectivity index is 1.62. The van der Waals surface area contributed by atoms with E-state index in [1.165, 1.54) is 0 Å². The Morgan fingerprint density at radius 3 is 1.54 bits per heavy atom. The third-order valence-electron chi connectivity index (χ3n) is 3.94. The second-order valence-electron chi connectivity index (χ2n) is 5.55. The highest BCUT2D eigenvalue weighted by Crippen LogP contribution is 2.29. The van der Waals surface area contributed by atoms with E-state index in [9.17, 15) is 0 Å². The minimum absolute atomic E-state index is 0.592. The molecule has 0 spiro atoms. The summed E-state index contributed by atoms with van der Waals surface area (Å²) in [5, 5.41) is 0. The monoisotopic (exact) mass is 312 g/mol. The van der Waals surface area contributed by atoms with Gasteiger partial charge in [0.05, 0.1) is 0 Å². The topological polar surface area (TPSA) is 52.1 Å². The van der Waals surface area contributed by atoms with Crippen molar-refractivity contribution in [2.45, 2.75) is 0 Å². The molecular weight excluding hydrogens is 300 g/mol. The molecule has 0 aliphatic carbocycles. The van der Waals surface area contributed by atoms with Gasteiger partial charge in [-0.1, -0.05) is 30.3 Å². The normalized spacial score (nSPS) is 11.3. The van der Waals surface area contributed by atoms with E-state index in [1.54, 1.807) is 0 Å². The van der Waals surface area contributed by atoms with Crippen molar-refractivity contribution in [3.63, 3.8) is 0 Å². The maximum absolute atomic E-state index is 5.84. The first-order chi connectivity index (χ1) is 11.9. The number of para-hydroxylation sites is 4. The quantitative estimate of drug-likeness (QED) is 0.443. The van der Waals surface area contributed by atoms with Gasteiger partial charge in [-0.25, -0.2) is 9.97 Å². The highest BCUT2D eigenvalue weighted by molar-refractivity contribution is 5.79. The number of aromatic nitrogens is 2. The number of hydrogen-bond donors (Lipinski definition) is 0. The average Bonchev–Trinajstić information content (AvgIpc) is 3.26. The molecule has 0 aliphatic rings. The number of oxazole rings is 2. The number of benzene rings is 3. The molecular formula is C20H12N2O2. The lowest BCUT2D eigenvalue weighted by molar-refractivity contribution is 0.617. The first kappa shape index (κ1) is 13.1. The molecule has 5 rings (SSSR count). The zero-order valence-electron chi connectivity index (χ0n) is 12.6. The van der Waals surface area contributed by atoms with E-state index in [2.05, 4.69) is 9.97 Å². The van der Waals surface area contributed by atoms with Gasteiger partial charge < -0.3 is 8.83 Å². The Bertz CT molecular complexity index is 1020. The molecule has 0 saturated carbocycles. The summed E-state index contributed by atoms with van der Waals surface area (Å²) in [6, 6.07) is 23.3. The molecule has 4 heteroatoms. The van der Waals surface area contributed by atoms with Gasteiger partial charge >= 0.3 is 0 Å². The van der Waals surface area contributed by atoms with Crippen molar-refractivity contribution in [2.75, 3.05) is 0 Å². The van der Waals surface area contributed by atoms with Crippen LogP contribution in [0.5, 0.6) is 0 Å². The summed E-state index contributed by atoms with van der Waals surface area (Å²) < 4.78 is 11.7. The van der Waals surface area contributed by atoms with Gasteiger partial charge in [0.1, 0.15) is 11.0 Å². The van der Waals surface area contributed by atoms with Crippen molar-refractivity contribution in [2.24, 2.45) is 0 Å². The fraction of sp³-hybridized carbons (Fsp3) is 0. The zero-order valence-corrected chi connectivity index (χ0v) is 12.6. The van der Waals surface area contributed by atoms with Crippen LogP contribution in [-0.4, -0.2) is 9.97 Å². The van der Waals surface area contributed by atoms with Crippen molar-refractivity contribution in [3.05, 3.63) is 72.8 Å². The molecule has 0 aliphatic heterocycles. The van der Waals surface area contributed by atoms with E-state index < -0.39 is 0 Å². The van der Waals surface area contributed by atoms with Crippen molar-refractivity contribution >= 4 is 22.2 Å². The minimum Gasteiger partial charge on any atom is -0.436 e. The Labute approximate surface area is 137 Å². The molecule has 0 fully saturated rings. The van der Waals surface area contributed by atoms with Gasteiger partial charge in [0.2, 0.25) is 11.8 Å². The standard InChI is InChI=1S/C20H12N2O2/c1-3-10-17-15(8-1)21-19(23-17)13-6-5-7-14(12-13)20-22-16-9-2-4-11-18(16)24-20/h1-12H. The van der Waals surface area contributed by atoms with Crippen LogP contribution in [0.25, 0.3) is 45.1 Å². The van der Waals surface area contributed by atoms with Crippen molar-refractivity contribution < 1.29 is 8.83 Å². The first-order valence-corrected chi connectivity index (χ1v) is 7.69. The lowest BCUT2D eigenvalue weighted by Crippen LogP contribution is -1.81. The summed E-state index contributed by atoms with van der Waals surface area (Å²) in [6.07, 6.45) is 0. The SMILES string of the molecule is c1cc(-c2nc3ccccc3o2)cc(-c2nc3ccccc3o2)c1. The predicted molar refractivity (Wildman–Crippen MR) is 92.4 cm³/mol. The minimum atomic E-state index is 0.592. The lowest BCUT2D eigenvalue weighted by Gasteiger charge is -1.98. The maximum Gasteiger partial charge on any atom is 0.227 e. The van der Waals surface area contributed by atoms with Crippen molar-refractivity contribution in [1.29, 1.82) is 0 Å². The number of hydrogen-bond acceptors (Lipinski definition) is 4. The highest BCUT2D eigenvalue weighted by atomic mass is 16.4. The first-order valence-electron chi connectivity index (χ1n) is 7.69. The highest BCUT2D eigenvalue weighted by Gasteiger charge is 2.12. The molecule has 0 radical (unpaired) electrons. The molecule has 0 unspecified atom stereocenters. The third-order valence-corrected chi connectivity index (χ3v) is 3.94. The van der Waals surface area contributed by atoms with E-state index in [-0.39, 0.29) is 0 Å². The second-order valence-corrected chi connectivity index (χ2v) is 5.55. The molecule has 5 aromatic rings. The Kier molecular flexibility index (Phi) is 2.76. The van der Waals surface area contributed by atoms with E-state index >= 15 is 0 Å². The van der Waals surface area contributed by atoms with Gasteiger partial charge in [-0.3, -0.25) is 0 Å². The van der Waals surface area contributed by atoms with Crippen LogP contribution in [0.15, 0.2) is 81.6 Å². The summed E-state index contributed by atoms with van der Waals surface area (Å²) in [5.74, 6) is 1.18. The Morgan fingerprint density at radius 2 is 1.04 bits per heavy atom. The molecule has 114 valence electrons. The van der Waals surface area contributed by atoms with Crippen molar-refractivity contribution in [1.82, 2.24) is 9.97 Å². The van der Waals surface area contributed by atoms with Crippen LogP contribution >= 0.6 is 0 Å². The van der Waals surface area contributed by atoms with E-state index in [0.717, 1.165) is 33.3 Å². The van der Waals surface area contributed by atoms with Crippen LogP contribution in [0.2, 0.25) is 0 Å². The summed E-state index contributed by atoms with van der Waals surface area (Å²) in [5.41, 5.74) is 5.04. The van der Waals surface area contributed by atoms with Crippen LogP contribution in [0.4, 0.5) is 0 Å². The molecule has 0 amide bonds. The molecule has 0 N–H and O–H groups in total. The van der Waals surface area contributed by atoms with Crippen LogP contribution < -0.4 is 0 Å². The van der Waals surface area contributed by atoms with E-state index in [1.807, 2.05) is 72.8 Å². The number of nitrogens with zero attached hydrogens (tertiary/aromatic N) is 2. The Morgan fingerprint density at radius 1 is 0.542 bits per heavy atom. The average molecular weight is 312 g/mol. The van der Waals surface area contributed by atoms with Crippen LogP contribution in [0.3, 0.4) is 0 Å². The lowest BCUT2D eigenvalue weighted by atomic mass is 10.1. The molecule has 0 atom stereocenters. The van der Waals surface area contributed by atoms with E-state index in [0.29, 0.717) is 11.8 Å². The predicted octanol–water partition coefficient (Wildman–Crippen LogP) is 5.30. The molecule has 24 heavy (non-hydrogen) atoms. The van der Waals surface area contributed by atoms with Gasteiger partial charge in [-0.05, 0) is 42.5 Å². The molecule has 2 heterocycles. The van der Waals surface area contributed by atoms with Gasteiger partial charge in [0, 0.05) is 11.1 Å². The summed E-state index contributed by atoms with van der Waals surface area (Å²) in [4.78, 5) is 9.09. The van der Waals surface area contributed by atoms with Gasteiger partial charge in [-0.15, -0.1) is 0 Å². The van der Waals surface area contributed by atoms with Crippen LogP contribution in [-0.2, 0) is 0 Å². The number of rotatable bonds is 2. The van der Waals surface area contributed by atoms with Crippen molar-refractivity contribution in [3.8, 4) is 22.9 Å². The summed E-state index contributed by atoms with van der Waals surface area (Å²) in [7, 11) is 0. The van der Waals surface area contributed by atoms with Crippen LogP contribution in [0, 0.1) is 0 Å². The third kappa shape index (κ3) is 2.08. The molecule has 0 saturated heterocycles. The zero-order chi connectivity index (χ0) is 15.9. The van der Waals surface area contributed by atoms with Crippen LogP contribution in [0.1, 0.15) is 0 Å². The Hall–Kier alpha value is -3.40. The molecule has 3 aromatic carbocycles. The summed E-state index contributed by atoms with van der Waals surface area (Å²) >= 11 is 0. The van der Waals surface area contributed by atoms with Gasteiger partial charge in [0.15, 0.2) is 11.2 Å². The fourth-order valence-electron chi connectivity index (χ4n) is 2.78. The second kappa shape index (κ2) is 5.06. The van der Waals surface area contributed by atoms with E-state index in [4.69, 9.17) is 8.83 Å². The molecule has 2 aromatic heterocycles. The fourth-order valence-corrected chi connectivity index (χ4v) is 2.78. The smallest absolute Gasteiger partial charge is 0.227 e. The number of fused-ring (bicyclic) bond motifs is 2. The maximum atomic E-state index is 5.84. The van der Waals surface area contributed by atoms with Gasteiger partial charge in [0.25, 0.3) is 0 Å². The molecule has 0 bridgehead atoms. The summed E-state index contributed by atoms with van der Waals surface area (Å²) in [6.45, 7) is 0.